The third kappa shape index (κ3) is 5.63. The number of halogens is 3. The summed E-state index contributed by atoms with van der Waals surface area (Å²) in [5, 5.41) is 14.9. The summed E-state index contributed by atoms with van der Waals surface area (Å²) in [6, 6.07) is 2.35. The Morgan fingerprint density at radius 3 is 2.50 bits per heavy atom. The Balaban J connectivity index is 2.37. The van der Waals surface area contributed by atoms with Gasteiger partial charge < -0.3 is 20.5 Å². The zero-order valence-electron chi connectivity index (χ0n) is 10.8. The van der Waals surface area contributed by atoms with Gasteiger partial charge in [-0.2, -0.15) is 0 Å². The van der Waals surface area contributed by atoms with Gasteiger partial charge in [-0.25, -0.2) is 4.79 Å². The van der Waals surface area contributed by atoms with Gasteiger partial charge in [0.05, 0.1) is 29.2 Å². The number of rotatable bonds is 6. The topological polar surface area (TPSA) is 70.6 Å². The molecule has 0 saturated heterocycles. The summed E-state index contributed by atoms with van der Waals surface area (Å²) in [5.74, 6) is 0.323. The maximum absolute atomic E-state index is 11.3. The molecule has 0 aliphatic heterocycles. The van der Waals surface area contributed by atoms with Crippen molar-refractivity contribution in [3.63, 3.8) is 0 Å². The maximum Gasteiger partial charge on any atom is 0.315 e. The second-order valence-electron chi connectivity index (χ2n) is 4.03. The first-order chi connectivity index (χ1) is 9.43. The molecule has 8 heteroatoms. The van der Waals surface area contributed by atoms with Crippen molar-refractivity contribution in [3.05, 3.63) is 27.2 Å². The average molecular weight is 342 g/mol. The normalized spacial score (nSPS) is 11.8. The van der Waals surface area contributed by atoms with E-state index in [1.807, 2.05) is 0 Å². The van der Waals surface area contributed by atoms with Gasteiger partial charge in [0.25, 0.3) is 0 Å². The number of aliphatic hydroxyl groups is 1. The highest BCUT2D eigenvalue weighted by Crippen LogP contribution is 2.35. The lowest BCUT2D eigenvalue weighted by Crippen LogP contribution is -2.43. The number of hydrogen-bond donors (Lipinski definition) is 3. The van der Waals surface area contributed by atoms with Crippen molar-refractivity contribution >= 4 is 40.8 Å². The lowest BCUT2D eigenvalue weighted by molar-refractivity contribution is 0.218. The fourth-order valence-electron chi connectivity index (χ4n) is 1.30. The minimum atomic E-state index is -0.386. The van der Waals surface area contributed by atoms with Gasteiger partial charge in [-0.3, -0.25) is 0 Å². The third-order valence-electron chi connectivity index (χ3n) is 2.25. The van der Waals surface area contributed by atoms with E-state index in [0.29, 0.717) is 20.8 Å². The van der Waals surface area contributed by atoms with E-state index >= 15 is 0 Å². The number of carbonyl (C=O) groups excluding carboxylic acids is 1. The first-order valence-electron chi connectivity index (χ1n) is 5.86. The molecule has 0 spiro atoms. The SMILES string of the molecule is CC(CO)NC(=O)NCCOc1c(Cl)cc(Cl)cc1Cl. The number of benzene rings is 1. The molecule has 0 aliphatic carbocycles. The largest absolute Gasteiger partial charge is 0.489 e. The highest BCUT2D eigenvalue weighted by atomic mass is 35.5. The Morgan fingerprint density at radius 2 is 1.95 bits per heavy atom. The predicted molar refractivity (Wildman–Crippen MR) is 80.0 cm³/mol. The molecule has 0 aliphatic rings. The molecule has 20 heavy (non-hydrogen) atoms. The molecule has 112 valence electrons. The Bertz CT molecular complexity index is 448. The summed E-state index contributed by atoms with van der Waals surface area (Å²) in [6.45, 7) is 2.02. The molecule has 3 N–H and O–H groups in total. The van der Waals surface area contributed by atoms with Crippen LogP contribution in [0.2, 0.25) is 15.1 Å². The van der Waals surface area contributed by atoms with Crippen molar-refractivity contribution in [1.82, 2.24) is 10.6 Å². The number of aliphatic hydroxyl groups excluding tert-OH is 1. The van der Waals surface area contributed by atoms with E-state index in [2.05, 4.69) is 10.6 Å². The molecule has 0 saturated carbocycles. The number of carbonyl (C=O) groups is 1. The molecule has 0 aromatic heterocycles. The van der Waals surface area contributed by atoms with Gasteiger partial charge in [0, 0.05) is 5.02 Å². The van der Waals surface area contributed by atoms with E-state index in [4.69, 9.17) is 44.6 Å². The van der Waals surface area contributed by atoms with E-state index in [1.54, 1.807) is 6.92 Å². The zero-order valence-corrected chi connectivity index (χ0v) is 13.0. The fraction of sp³-hybridized carbons (Fsp3) is 0.417. The van der Waals surface area contributed by atoms with E-state index in [-0.39, 0.29) is 31.8 Å². The van der Waals surface area contributed by atoms with Crippen LogP contribution < -0.4 is 15.4 Å². The van der Waals surface area contributed by atoms with Crippen LogP contribution in [-0.2, 0) is 0 Å². The van der Waals surface area contributed by atoms with E-state index in [1.165, 1.54) is 12.1 Å². The van der Waals surface area contributed by atoms with Crippen LogP contribution in [-0.4, -0.2) is 36.9 Å². The predicted octanol–water partition coefficient (Wildman–Crippen LogP) is 2.71. The first kappa shape index (κ1) is 17.2. The van der Waals surface area contributed by atoms with Gasteiger partial charge in [0.15, 0.2) is 5.75 Å². The van der Waals surface area contributed by atoms with Gasteiger partial charge >= 0.3 is 6.03 Å². The minimum Gasteiger partial charge on any atom is -0.489 e. The molecule has 1 unspecified atom stereocenters. The maximum atomic E-state index is 11.3. The van der Waals surface area contributed by atoms with Crippen LogP contribution in [0.3, 0.4) is 0 Å². The molecule has 5 nitrogen and oxygen atoms in total. The Morgan fingerprint density at radius 1 is 1.35 bits per heavy atom. The van der Waals surface area contributed by atoms with Crippen molar-refractivity contribution < 1.29 is 14.6 Å². The van der Waals surface area contributed by atoms with Gasteiger partial charge in [-0.15, -0.1) is 0 Å². The number of nitrogens with one attached hydrogen (secondary N) is 2. The quantitative estimate of drug-likeness (QED) is 0.697. The Labute approximate surface area is 132 Å². The van der Waals surface area contributed by atoms with E-state index in [9.17, 15) is 4.79 Å². The molecular formula is C12H15Cl3N2O3. The second kappa shape index (κ2) is 8.42. The molecule has 0 fully saturated rings. The average Bonchev–Trinajstić information content (AvgIpc) is 2.36. The van der Waals surface area contributed by atoms with Crippen LogP contribution in [0.5, 0.6) is 5.75 Å². The summed E-state index contributed by atoms with van der Waals surface area (Å²) in [6.07, 6.45) is 0. The highest BCUT2D eigenvalue weighted by Gasteiger charge is 2.09. The van der Waals surface area contributed by atoms with Crippen LogP contribution in [0.1, 0.15) is 6.92 Å². The zero-order chi connectivity index (χ0) is 15.1. The molecule has 1 aromatic carbocycles. The minimum absolute atomic E-state index is 0.125. The van der Waals surface area contributed by atoms with Crippen molar-refractivity contribution in [2.75, 3.05) is 19.8 Å². The Kier molecular flexibility index (Phi) is 7.23. The number of urea groups is 1. The van der Waals surface area contributed by atoms with Crippen molar-refractivity contribution in [1.29, 1.82) is 0 Å². The molecule has 0 radical (unpaired) electrons. The van der Waals surface area contributed by atoms with Gasteiger partial charge in [-0.1, -0.05) is 34.8 Å². The third-order valence-corrected chi connectivity index (χ3v) is 3.03. The lowest BCUT2D eigenvalue weighted by Gasteiger charge is -2.13. The molecule has 1 atom stereocenters. The molecule has 0 bridgehead atoms. The van der Waals surface area contributed by atoms with E-state index in [0.717, 1.165) is 0 Å². The van der Waals surface area contributed by atoms with Crippen LogP contribution in [0.25, 0.3) is 0 Å². The molecular weight excluding hydrogens is 327 g/mol. The number of amides is 2. The monoisotopic (exact) mass is 340 g/mol. The second-order valence-corrected chi connectivity index (χ2v) is 5.28. The van der Waals surface area contributed by atoms with Gasteiger partial charge in [0.1, 0.15) is 6.61 Å². The van der Waals surface area contributed by atoms with Crippen molar-refractivity contribution in [2.24, 2.45) is 0 Å². The molecule has 1 aromatic rings. The highest BCUT2D eigenvalue weighted by molar-refractivity contribution is 6.40. The van der Waals surface area contributed by atoms with Gasteiger partial charge in [-0.05, 0) is 19.1 Å². The van der Waals surface area contributed by atoms with Crippen molar-refractivity contribution in [2.45, 2.75) is 13.0 Å². The molecule has 2 amide bonds. The van der Waals surface area contributed by atoms with Crippen LogP contribution in [0.15, 0.2) is 12.1 Å². The number of ether oxygens (including phenoxy) is 1. The molecule has 0 heterocycles. The van der Waals surface area contributed by atoms with Crippen LogP contribution in [0, 0.1) is 0 Å². The van der Waals surface area contributed by atoms with Gasteiger partial charge in [0.2, 0.25) is 0 Å². The number of hydrogen-bond acceptors (Lipinski definition) is 3. The summed E-state index contributed by atoms with van der Waals surface area (Å²) in [5.41, 5.74) is 0. The van der Waals surface area contributed by atoms with Crippen LogP contribution >= 0.6 is 34.8 Å². The van der Waals surface area contributed by atoms with Crippen molar-refractivity contribution in [3.8, 4) is 5.75 Å². The summed E-state index contributed by atoms with van der Waals surface area (Å²) in [4.78, 5) is 11.3. The standard InChI is InChI=1S/C12H15Cl3N2O3/c1-7(6-18)17-12(19)16-2-3-20-11-9(14)4-8(13)5-10(11)15/h4-5,7,18H,2-3,6H2,1H3,(H2,16,17,19). The summed E-state index contributed by atoms with van der Waals surface area (Å²) < 4.78 is 5.39. The summed E-state index contributed by atoms with van der Waals surface area (Å²) >= 11 is 17.7. The fourth-order valence-corrected chi connectivity index (χ4v) is 2.23. The lowest BCUT2D eigenvalue weighted by atomic mass is 10.3. The van der Waals surface area contributed by atoms with E-state index < -0.39 is 0 Å². The van der Waals surface area contributed by atoms with Crippen LogP contribution in [0.4, 0.5) is 4.79 Å². The first-order valence-corrected chi connectivity index (χ1v) is 7.00. The Hall–Kier alpha value is -0.880. The molecule has 1 rings (SSSR count). The smallest absolute Gasteiger partial charge is 0.315 e. The summed E-state index contributed by atoms with van der Waals surface area (Å²) in [7, 11) is 0.